The molecule has 0 spiro atoms. The third-order valence-electron chi connectivity index (χ3n) is 8.73. The predicted molar refractivity (Wildman–Crippen MR) is 216 cm³/mol. The van der Waals surface area contributed by atoms with E-state index in [0.29, 0.717) is 39.7 Å². The molecule has 0 saturated carbocycles. The quantitative estimate of drug-likeness (QED) is 0.124. The molecular weight excluding hydrogens is 781 g/mol. The molecule has 6 aromatic rings. The molecule has 0 N–H and O–H groups in total. The van der Waals surface area contributed by atoms with Gasteiger partial charge in [0.1, 0.15) is 11.5 Å². The van der Waals surface area contributed by atoms with Crippen molar-refractivity contribution in [1.82, 2.24) is 0 Å². The Morgan fingerprint density at radius 1 is 0.596 bits per heavy atom. The monoisotopic (exact) mass is 803 g/mol. The maximum Gasteiger partial charge on any atom is 0.361 e. The number of ether oxygens (including phenoxy) is 1. The zero-order chi connectivity index (χ0) is 36.8. The Bertz CT molecular complexity index is 2630. The minimum absolute atomic E-state index is 0.0435. The lowest BCUT2D eigenvalue weighted by Crippen LogP contribution is -2.64. The molecule has 7 rings (SSSR count). The first-order chi connectivity index (χ1) is 24.9. The van der Waals surface area contributed by atoms with Crippen molar-refractivity contribution in [2.24, 2.45) is 5.92 Å². The first-order valence-corrected chi connectivity index (χ1v) is 18.2. The third kappa shape index (κ3) is 7.12. The van der Waals surface area contributed by atoms with Gasteiger partial charge >= 0.3 is 11.5 Å². The predicted octanol–water partition coefficient (Wildman–Crippen LogP) is 11.4. The summed E-state index contributed by atoms with van der Waals surface area (Å²) in [4.78, 5) is 27.3. The van der Waals surface area contributed by atoms with Crippen molar-refractivity contribution in [3.8, 4) is 22.6 Å². The first kappa shape index (κ1) is 36.2. The number of aryl methyl sites for hydroxylation is 2. The first-order valence-electron chi connectivity index (χ1n) is 15.9. The van der Waals surface area contributed by atoms with Gasteiger partial charge in [-0.3, -0.25) is 9.59 Å². The summed E-state index contributed by atoms with van der Waals surface area (Å²) in [7, 11) is 0. The fourth-order valence-corrected chi connectivity index (χ4v) is 7.22. The van der Waals surface area contributed by atoms with Crippen molar-refractivity contribution in [1.29, 1.82) is 0 Å². The summed E-state index contributed by atoms with van der Waals surface area (Å²) in [6, 6.07) is 25.6. The molecule has 0 saturated heterocycles. The molecule has 258 valence electrons. The van der Waals surface area contributed by atoms with E-state index in [1.165, 1.54) is 0 Å². The van der Waals surface area contributed by atoms with Gasteiger partial charge in [0, 0.05) is 17.0 Å². The molecule has 0 aliphatic carbocycles. The summed E-state index contributed by atoms with van der Waals surface area (Å²) in [6.07, 6.45) is 6.88. The van der Waals surface area contributed by atoms with Crippen LogP contribution in [-0.4, -0.2) is 0 Å². The molecule has 0 fully saturated rings. The number of hydrogen-bond donors (Lipinski definition) is 0. The molecule has 1 aliphatic heterocycles. The van der Waals surface area contributed by atoms with Gasteiger partial charge < -0.3 is 4.74 Å². The molecule has 5 aromatic carbocycles. The molecule has 0 bridgehead atoms. The van der Waals surface area contributed by atoms with Crippen LogP contribution in [0.4, 0.5) is 0 Å². The minimum atomic E-state index is -0.481. The fraction of sp³-hybridized carbons (Fsp3) is 0.0714. The van der Waals surface area contributed by atoms with Crippen LogP contribution in [0.3, 0.4) is 0 Å². The van der Waals surface area contributed by atoms with Crippen LogP contribution in [0.15, 0.2) is 111 Å². The average molecular weight is 806 g/mol. The Morgan fingerprint density at radius 2 is 1.10 bits per heavy atom. The Balaban J connectivity index is 1.35. The van der Waals surface area contributed by atoms with E-state index in [1.54, 1.807) is 54.6 Å². The highest BCUT2D eigenvalue weighted by Crippen LogP contribution is 2.39. The molecule has 1 aliphatic rings. The number of halogens is 6. The smallest absolute Gasteiger partial charge is 0.361 e. The second-order valence-corrected chi connectivity index (χ2v) is 14.7. The van der Waals surface area contributed by atoms with Crippen LogP contribution in [0.2, 0.25) is 30.1 Å². The lowest BCUT2D eigenvalue weighted by atomic mass is 9.96. The van der Waals surface area contributed by atoms with Gasteiger partial charge in [0.25, 0.3) is 0 Å². The van der Waals surface area contributed by atoms with Crippen LogP contribution in [0.25, 0.3) is 46.3 Å². The van der Waals surface area contributed by atoms with Crippen molar-refractivity contribution in [2.45, 2.75) is 13.8 Å². The fourth-order valence-electron chi connectivity index (χ4n) is 6.03. The Labute approximate surface area is 328 Å². The van der Waals surface area contributed by atoms with Crippen molar-refractivity contribution < 1.29 is 9.15 Å². The van der Waals surface area contributed by atoms with E-state index < -0.39 is 5.92 Å². The normalized spacial score (nSPS) is 14.1. The van der Waals surface area contributed by atoms with E-state index >= 15 is 0 Å². The molecule has 1 unspecified atom stereocenters. The van der Waals surface area contributed by atoms with Crippen molar-refractivity contribution >= 4 is 93.3 Å². The zero-order valence-electron chi connectivity index (χ0n) is 27.4. The van der Waals surface area contributed by atoms with Crippen LogP contribution < -0.4 is 21.3 Å². The Hall–Kier alpha value is -4.13. The molecule has 0 radical (unpaired) electrons. The molecule has 10 heteroatoms. The van der Waals surface area contributed by atoms with E-state index in [1.807, 2.05) is 68.5 Å². The maximum atomic E-state index is 13.7. The number of hydrogen-bond acceptors (Lipinski definition) is 3. The van der Waals surface area contributed by atoms with E-state index in [2.05, 4.69) is 0 Å². The van der Waals surface area contributed by atoms with Crippen LogP contribution in [-0.2, 0) is 4.74 Å². The lowest BCUT2D eigenvalue weighted by molar-refractivity contribution is 0.458. The number of rotatable bonds is 6. The summed E-state index contributed by atoms with van der Waals surface area (Å²) in [6.45, 7) is 3.94. The summed E-state index contributed by atoms with van der Waals surface area (Å²) in [5.74, 6) is 1.46. The van der Waals surface area contributed by atoms with Crippen molar-refractivity contribution in [2.75, 3.05) is 0 Å². The highest BCUT2D eigenvalue weighted by atomic mass is 35.5. The van der Waals surface area contributed by atoms with E-state index in [0.717, 1.165) is 22.3 Å². The molecule has 1 atom stereocenters. The summed E-state index contributed by atoms with van der Waals surface area (Å²) in [5, 5.41) is 1.60. The maximum absolute atomic E-state index is 13.7. The van der Waals surface area contributed by atoms with Crippen LogP contribution >= 0.6 is 69.6 Å². The highest BCUT2D eigenvalue weighted by Gasteiger charge is 2.24. The van der Waals surface area contributed by atoms with Gasteiger partial charge in [0.15, 0.2) is 0 Å². The summed E-state index contributed by atoms with van der Waals surface area (Å²) < 4.78 is 12.7. The lowest BCUT2D eigenvalue weighted by Gasteiger charge is -2.22. The molecule has 2 heterocycles. The molecule has 0 amide bonds. The minimum Gasteiger partial charge on any atom is -0.457 e. The van der Waals surface area contributed by atoms with Gasteiger partial charge in [-0.1, -0.05) is 118 Å². The SMILES string of the molecule is Cc1ccccc1C1=CC(C=c2c(=O)c(=Cc3cc(-c4cc(Cl)c(Cl)c(Cl)c4)[o+]c(-c4ccccc4C)c3)c2=O)C=C(c2cc(Cl)c(Cl)c(Cl)c2)O1. The molecule has 52 heavy (non-hydrogen) atoms. The van der Waals surface area contributed by atoms with Crippen LogP contribution in [0.1, 0.15) is 27.8 Å². The third-order valence-corrected chi connectivity index (χ3v) is 11.1. The average Bonchev–Trinajstić information content (AvgIpc) is 3.13. The zero-order valence-corrected chi connectivity index (χ0v) is 31.9. The Morgan fingerprint density at radius 3 is 1.67 bits per heavy atom. The second kappa shape index (κ2) is 14.7. The van der Waals surface area contributed by atoms with Gasteiger partial charge in [-0.2, -0.15) is 0 Å². The van der Waals surface area contributed by atoms with Crippen LogP contribution in [0, 0.1) is 19.8 Å². The van der Waals surface area contributed by atoms with Crippen molar-refractivity contribution in [3.05, 3.63) is 186 Å². The second-order valence-electron chi connectivity index (χ2n) is 12.3. The highest BCUT2D eigenvalue weighted by molar-refractivity contribution is 6.48. The molecule has 4 nitrogen and oxygen atoms in total. The van der Waals surface area contributed by atoms with Gasteiger partial charge in [-0.25, -0.2) is 4.42 Å². The topological polar surface area (TPSA) is 54.7 Å². The van der Waals surface area contributed by atoms with Gasteiger partial charge in [-0.05, 0) is 79.1 Å². The van der Waals surface area contributed by atoms with Gasteiger partial charge in [-0.15, -0.1) is 0 Å². The van der Waals surface area contributed by atoms with E-state index in [4.69, 9.17) is 78.8 Å². The molecular formula is C42H25Cl6O4+. The van der Waals surface area contributed by atoms with E-state index in [-0.39, 0.29) is 51.4 Å². The van der Waals surface area contributed by atoms with Gasteiger partial charge in [0.05, 0.1) is 63.8 Å². The summed E-state index contributed by atoms with van der Waals surface area (Å²) >= 11 is 37.9. The molecule has 1 aromatic heterocycles. The Kier molecular flexibility index (Phi) is 10.3. The van der Waals surface area contributed by atoms with E-state index in [9.17, 15) is 9.59 Å². The van der Waals surface area contributed by atoms with Crippen LogP contribution in [0.5, 0.6) is 0 Å². The van der Waals surface area contributed by atoms with Crippen molar-refractivity contribution in [3.63, 3.8) is 0 Å². The number of benzene rings is 4. The standard InChI is InChI=1S/C42H25Cl6O4/c1-21-7-3-5-9-27(21)37-15-23(13-35(51-37)25-17-31(43)39(47)32(44)18-25)11-29-41(49)30(42(29)50)12-24-14-36(26-19-33(45)40(48)34(46)20-26)52-38(16-24)28-10-6-4-8-22(28)2/h3-20,23H,1-2H3/q+1. The summed E-state index contributed by atoms with van der Waals surface area (Å²) in [5.41, 5.74) is 4.62. The van der Waals surface area contributed by atoms with Gasteiger partial charge in [0.2, 0.25) is 10.9 Å². The number of allylic oxidation sites excluding steroid dienone is 2. The largest absolute Gasteiger partial charge is 0.457 e.